The molecule has 1 aromatic rings. The summed E-state index contributed by atoms with van der Waals surface area (Å²) in [6, 6.07) is 9.99. The highest BCUT2D eigenvalue weighted by Crippen LogP contribution is 2.43. The maximum absolute atomic E-state index is 5.92. The lowest BCUT2D eigenvalue weighted by atomic mass is 9.71. The molecule has 0 aromatic heterocycles. The summed E-state index contributed by atoms with van der Waals surface area (Å²) in [6.45, 7) is 1.19. The Morgan fingerprint density at radius 1 is 1.25 bits per heavy atom. The van der Waals surface area contributed by atoms with Crippen LogP contribution in [0.5, 0.6) is 0 Å². The highest BCUT2D eigenvalue weighted by Gasteiger charge is 2.38. The third kappa shape index (κ3) is 1.57. The first-order valence-electron chi connectivity index (χ1n) is 6.29. The first kappa shape index (κ1) is 10.3. The van der Waals surface area contributed by atoms with Gasteiger partial charge in [0, 0.05) is 18.6 Å². The maximum Gasteiger partial charge on any atom is 0.0377 e. The number of hydrogen-bond donors (Lipinski definition) is 1. The average Bonchev–Trinajstić information content (AvgIpc) is 2.26. The van der Waals surface area contributed by atoms with Crippen molar-refractivity contribution in [1.29, 1.82) is 0 Å². The third-order valence-electron chi connectivity index (χ3n) is 4.24. The fourth-order valence-electron chi connectivity index (χ4n) is 3.30. The second kappa shape index (κ2) is 3.86. The Balaban J connectivity index is 1.91. The van der Waals surface area contributed by atoms with Crippen molar-refractivity contribution >= 4 is 0 Å². The molecule has 2 aliphatic rings. The molecule has 0 amide bonds. The molecular weight excluding hydrogens is 196 g/mol. The standard InChI is InChI=1S/C14H20N2/c1-16-7-6-10-4-2-3-5-13(10)14(16)11-8-12(15)9-11/h2-5,11-12,14H,6-9,15H2,1H3. The SMILES string of the molecule is CN1CCc2ccccc2C1C1CC(N)C1. The van der Waals surface area contributed by atoms with Gasteiger partial charge < -0.3 is 5.73 Å². The molecule has 1 saturated carbocycles. The van der Waals surface area contributed by atoms with Crippen LogP contribution in [-0.4, -0.2) is 24.5 Å². The van der Waals surface area contributed by atoms with Crippen LogP contribution in [0.3, 0.4) is 0 Å². The molecule has 0 bridgehead atoms. The normalized spacial score (nSPS) is 34.2. The number of fused-ring (bicyclic) bond motifs is 1. The van der Waals surface area contributed by atoms with Crippen molar-refractivity contribution in [3.63, 3.8) is 0 Å². The summed E-state index contributed by atoms with van der Waals surface area (Å²) in [5, 5.41) is 0. The second-order valence-corrected chi connectivity index (χ2v) is 5.37. The molecule has 1 unspecified atom stereocenters. The quantitative estimate of drug-likeness (QED) is 0.777. The summed E-state index contributed by atoms with van der Waals surface area (Å²) < 4.78 is 0. The average molecular weight is 216 g/mol. The van der Waals surface area contributed by atoms with E-state index >= 15 is 0 Å². The van der Waals surface area contributed by atoms with Crippen LogP contribution < -0.4 is 5.73 Å². The summed E-state index contributed by atoms with van der Waals surface area (Å²) in [7, 11) is 2.25. The van der Waals surface area contributed by atoms with E-state index in [2.05, 4.69) is 36.2 Å². The Labute approximate surface area is 97.4 Å². The molecule has 1 aliphatic heterocycles. The predicted octanol–water partition coefficient (Wildman–Crippen LogP) is 1.95. The molecule has 0 radical (unpaired) electrons. The summed E-state index contributed by atoms with van der Waals surface area (Å²) in [4.78, 5) is 2.51. The molecule has 3 rings (SSSR count). The van der Waals surface area contributed by atoms with Gasteiger partial charge in [-0.1, -0.05) is 24.3 Å². The zero-order chi connectivity index (χ0) is 11.1. The zero-order valence-corrected chi connectivity index (χ0v) is 9.89. The molecule has 2 heteroatoms. The number of hydrogen-bond acceptors (Lipinski definition) is 2. The van der Waals surface area contributed by atoms with Crippen molar-refractivity contribution in [2.75, 3.05) is 13.6 Å². The van der Waals surface area contributed by atoms with Crippen LogP contribution in [0.4, 0.5) is 0 Å². The van der Waals surface area contributed by atoms with Gasteiger partial charge in [-0.25, -0.2) is 0 Å². The van der Waals surface area contributed by atoms with Crippen LogP contribution >= 0.6 is 0 Å². The molecule has 0 spiro atoms. The fourth-order valence-corrected chi connectivity index (χ4v) is 3.30. The highest BCUT2D eigenvalue weighted by atomic mass is 15.1. The minimum atomic E-state index is 0.451. The van der Waals surface area contributed by atoms with Crippen molar-refractivity contribution in [3.8, 4) is 0 Å². The third-order valence-corrected chi connectivity index (χ3v) is 4.24. The summed E-state index contributed by atoms with van der Waals surface area (Å²) in [6.07, 6.45) is 3.59. The minimum Gasteiger partial charge on any atom is -0.328 e. The van der Waals surface area contributed by atoms with Gasteiger partial charge >= 0.3 is 0 Å². The molecular formula is C14H20N2. The van der Waals surface area contributed by atoms with Crippen LogP contribution in [0.2, 0.25) is 0 Å². The van der Waals surface area contributed by atoms with E-state index in [0.717, 1.165) is 5.92 Å². The first-order valence-corrected chi connectivity index (χ1v) is 6.29. The van der Waals surface area contributed by atoms with Crippen LogP contribution in [-0.2, 0) is 6.42 Å². The predicted molar refractivity (Wildman–Crippen MR) is 66.2 cm³/mol. The maximum atomic E-state index is 5.92. The Bertz CT molecular complexity index is 382. The Hall–Kier alpha value is -0.860. The van der Waals surface area contributed by atoms with Gasteiger partial charge in [-0.05, 0) is 43.4 Å². The molecule has 1 atom stereocenters. The van der Waals surface area contributed by atoms with Crippen molar-refractivity contribution in [2.24, 2.45) is 11.7 Å². The van der Waals surface area contributed by atoms with Crippen LogP contribution in [0.25, 0.3) is 0 Å². The summed E-state index contributed by atoms with van der Waals surface area (Å²) >= 11 is 0. The van der Waals surface area contributed by atoms with Gasteiger partial charge in [0.15, 0.2) is 0 Å². The van der Waals surface area contributed by atoms with Gasteiger partial charge in [0.05, 0.1) is 0 Å². The molecule has 0 saturated heterocycles. The number of rotatable bonds is 1. The van der Waals surface area contributed by atoms with Crippen LogP contribution in [0.1, 0.15) is 30.0 Å². The number of nitrogens with zero attached hydrogens (tertiary/aromatic N) is 1. The van der Waals surface area contributed by atoms with Gasteiger partial charge in [-0.3, -0.25) is 4.90 Å². The smallest absolute Gasteiger partial charge is 0.0377 e. The van der Waals surface area contributed by atoms with Gasteiger partial charge in [-0.15, -0.1) is 0 Å². The van der Waals surface area contributed by atoms with E-state index < -0.39 is 0 Å². The van der Waals surface area contributed by atoms with Gasteiger partial charge in [0.1, 0.15) is 0 Å². The van der Waals surface area contributed by atoms with Crippen molar-refractivity contribution in [3.05, 3.63) is 35.4 Å². The van der Waals surface area contributed by atoms with Crippen molar-refractivity contribution < 1.29 is 0 Å². The van der Waals surface area contributed by atoms with Crippen LogP contribution in [0.15, 0.2) is 24.3 Å². The highest BCUT2D eigenvalue weighted by molar-refractivity contribution is 5.33. The number of nitrogens with two attached hydrogens (primary N) is 1. The lowest BCUT2D eigenvalue weighted by Gasteiger charge is -2.45. The van der Waals surface area contributed by atoms with E-state index in [1.54, 1.807) is 11.1 Å². The molecule has 86 valence electrons. The molecule has 2 N–H and O–H groups in total. The topological polar surface area (TPSA) is 29.3 Å². The Morgan fingerprint density at radius 3 is 2.75 bits per heavy atom. The van der Waals surface area contributed by atoms with Gasteiger partial charge in [0.2, 0.25) is 0 Å². The minimum absolute atomic E-state index is 0.451. The van der Waals surface area contributed by atoms with E-state index in [1.165, 1.54) is 25.8 Å². The molecule has 2 nitrogen and oxygen atoms in total. The van der Waals surface area contributed by atoms with Gasteiger partial charge in [0.25, 0.3) is 0 Å². The monoisotopic (exact) mass is 216 g/mol. The van der Waals surface area contributed by atoms with E-state index in [1.807, 2.05) is 0 Å². The number of benzene rings is 1. The largest absolute Gasteiger partial charge is 0.328 e. The zero-order valence-electron chi connectivity index (χ0n) is 9.89. The molecule has 16 heavy (non-hydrogen) atoms. The van der Waals surface area contributed by atoms with E-state index in [9.17, 15) is 0 Å². The molecule has 1 aliphatic carbocycles. The second-order valence-electron chi connectivity index (χ2n) is 5.37. The van der Waals surface area contributed by atoms with E-state index in [-0.39, 0.29) is 0 Å². The van der Waals surface area contributed by atoms with Gasteiger partial charge in [-0.2, -0.15) is 0 Å². The molecule has 1 fully saturated rings. The van der Waals surface area contributed by atoms with Crippen molar-refractivity contribution in [1.82, 2.24) is 4.90 Å². The Morgan fingerprint density at radius 2 is 2.00 bits per heavy atom. The Kier molecular flexibility index (Phi) is 2.49. The van der Waals surface area contributed by atoms with E-state index in [4.69, 9.17) is 5.73 Å². The molecule has 1 heterocycles. The fraction of sp³-hybridized carbons (Fsp3) is 0.571. The summed E-state index contributed by atoms with van der Waals surface area (Å²) in [5.41, 5.74) is 9.02. The molecule has 1 aromatic carbocycles. The van der Waals surface area contributed by atoms with Crippen molar-refractivity contribution in [2.45, 2.75) is 31.3 Å². The lowest BCUT2D eigenvalue weighted by Crippen LogP contribution is -2.46. The summed E-state index contributed by atoms with van der Waals surface area (Å²) in [5.74, 6) is 0.779. The van der Waals surface area contributed by atoms with E-state index in [0.29, 0.717) is 12.1 Å². The first-order chi connectivity index (χ1) is 7.75. The lowest BCUT2D eigenvalue weighted by molar-refractivity contribution is 0.0957. The van der Waals surface area contributed by atoms with Crippen LogP contribution in [0, 0.1) is 5.92 Å². The number of likely N-dealkylation sites (N-methyl/N-ethyl adjacent to an activating group) is 1.